The van der Waals surface area contributed by atoms with Crippen molar-refractivity contribution in [2.75, 3.05) is 10.6 Å². The van der Waals surface area contributed by atoms with Crippen LogP contribution in [0.15, 0.2) is 24.3 Å². The number of aryl methyl sites for hydroxylation is 2. The van der Waals surface area contributed by atoms with E-state index in [0.717, 1.165) is 16.3 Å². The van der Waals surface area contributed by atoms with E-state index in [4.69, 9.17) is 0 Å². The standard InChI is InChI=1S/C13H16N4OS/c1-8-5-4-6-11(7-8)14-9(2)12(18)15-13-17-16-10(3)19-13/h4-7,9,14H,1-3H3,(H,15,17,18)/t9-/m0/s1. The lowest BCUT2D eigenvalue weighted by Gasteiger charge is -2.14. The minimum Gasteiger partial charge on any atom is -0.374 e. The van der Waals surface area contributed by atoms with Crippen LogP contribution < -0.4 is 10.6 Å². The molecule has 0 aliphatic carbocycles. The van der Waals surface area contributed by atoms with Crippen LogP contribution in [0.25, 0.3) is 0 Å². The molecule has 0 unspecified atom stereocenters. The second-order valence-corrected chi connectivity index (χ2v) is 5.53. The summed E-state index contributed by atoms with van der Waals surface area (Å²) in [5.74, 6) is -0.127. The molecule has 0 aliphatic heterocycles. The number of hydrogen-bond donors (Lipinski definition) is 2. The topological polar surface area (TPSA) is 66.9 Å². The SMILES string of the molecule is Cc1cccc(N[C@@H](C)C(=O)Nc2nnc(C)s2)c1. The molecule has 1 atom stereocenters. The summed E-state index contributed by atoms with van der Waals surface area (Å²) in [5.41, 5.74) is 2.08. The summed E-state index contributed by atoms with van der Waals surface area (Å²) in [6.45, 7) is 5.67. The number of anilines is 2. The summed E-state index contributed by atoms with van der Waals surface area (Å²) in [5, 5.41) is 15.0. The van der Waals surface area contributed by atoms with Gasteiger partial charge in [-0.15, -0.1) is 10.2 Å². The zero-order valence-corrected chi connectivity index (χ0v) is 11.9. The van der Waals surface area contributed by atoms with Crippen LogP contribution in [0, 0.1) is 13.8 Å². The minimum absolute atomic E-state index is 0.127. The Kier molecular flexibility index (Phi) is 4.11. The first kappa shape index (κ1) is 13.5. The number of nitrogens with zero attached hydrogens (tertiary/aromatic N) is 2. The van der Waals surface area contributed by atoms with Gasteiger partial charge in [-0.1, -0.05) is 23.5 Å². The molecule has 19 heavy (non-hydrogen) atoms. The lowest BCUT2D eigenvalue weighted by atomic mass is 10.2. The van der Waals surface area contributed by atoms with Gasteiger partial charge in [0.1, 0.15) is 11.0 Å². The van der Waals surface area contributed by atoms with Crippen LogP contribution in [0.1, 0.15) is 17.5 Å². The van der Waals surface area contributed by atoms with E-state index in [1.54, 1.807) is 0 Å². The van der Waals surface area contributed by atoms with Gasteiger partial charge in [0, 0.05) is 5.69 Å². The smallest absolute Gasteiger partial charge is 0.248 e. The molecule has 5 nitrogen and oxygen atoms in total. The molecule has 2 N–H and O–H groups in total. The van der Waals surface area contributed by atoms with Gasteiger partial charge >= 0.3 is 0 Å². The number of carbonyl (C=O) groups excluding carboxylic acids is 1. The highest BCUT2D eigenvalue weighted by atomic mass is 32.1. The predicted octanol–water partition coefficient (Wildman–Crippen LogP) is 2.59. The minimum atomic E-state index is -0.342. The van der Waals surface area contributed by atoms with Gasteiger partial charge in [0.2, 0.25) is 11.0 Å². The third-order valence-corrected chi connectivity index (χ3v) is 3.30. The zero-order chi connectivity index (χ0) is 13.8. The number of aromatic nitrogens is 2. The molecule has 0 bridgehead atoms. The summed E-state index contributed by atoms with van der Waals surface area (Å²) in [4.78, 5) is 12.0. The predicted molar refractivity (Wildman–Crippen MR) is 77.5 cm³/mol. The van der Waals surface area contributed by atoms with E-state index in [1.165, 1.54) is 11.3 Å². The van der Waals surface area contributed by atoms with E-state index >= 15 is 0 Å². The first-order chi connectivity index (χ1) is 9.04. The number of hydrogen-bond acceptors (Lipinski definition) is 5. The summed E-state index contributed by atoms with van der Waals surface area (Å²) in [7, 11) is 0. The van der Waals surface area contributed by atoms with Crippen molar-refractivity contribution >= 4 is 28.1 Å². The summed E-state index contributed by atoms with van der Waals surface area (Å²) in [6.07, 6.45) is 0. The lowest BCUT2D eigenvalue weighted by Crippen LogP contribution is -2.31. The molecule has 2 aromatic rings. The average Bonchev–Trinajstić information content (AvgIpc) is 2.74. The first-order valence-corrected chi connectivity index (χ1v) is 6.80. The Morgan fingerprint density at radius 3 is 2.74 bits per heavy atom. The summed E-state index contributed by atoms with van der Waals surface area (Å²) in [6, 6.07) is 7.56. The van der Waals surface area contributed by atoms with Crippen LogP contribution in [0.2, 0.25) is 0 Å². The molecule has 0 aliphatic rings. The molecule has 1 aromatic carbocycles. The summed E-state index contributed by atoms with van der Waals surface area (Å²) < 4.78 is 0. The van der Waals surface area contributed by atoms with Gasteiger partial charge in [-0.25, -0.2) is 0 Å². The lowest BCUT2D eigenvalue weighted by molar-refractivity contribution is -0.116. The van der Waals surface area contributed by atoms with E-state index in [-0.39, 0.29) is 11.9 Å². The van der Waals surface area contributed by atoms with Crippen molar-refractivity contribution < 1.29 is 4.79 Å². The van der Waals surface area contributed by atoms with Crippen molar-refractivity contribution in [1.29, 1.82) is 0 Å². The highest BCUT2D eigenvalue weighted by molar-refractivity contribution is 7.15. The Balaban J connectivity index is 1.96. The van der Waals surface area contributed by atoms with Crippen LogP contribution in [0.3, 0.4) is 0 Å². The van der Waals surface area contributed by atoms with Gasteiger partial charge < -0.3 is 5.32 Å². The quantitative estimate of drug-likeness (QED) is 0.900. The van der Waals surface area contributed by atoms with E-state index < -0.39 is 0 Å². The molecular weight excluding hydrogens is 260 g/mol. The maximum absolute atomic E-state index is 12.0. The van der Waals surface area contributed by atoms with Crippen LogP contribution in [-0.4, -0.2) is 22.1 Å². The van der Waals surface area contributed by atoms with Crippen molar-refractivity contribution in [3.8, 4) is 0 Å². The van der Waals surface area contributed by atoms with Crippen LogP contribution in [0.5, 0.6) is 0 Å². The fourth-order valence-corrected chi connectivity index (χ4v) is 2.21. The maximum atomic E-state index is 12.0. The van der Waals surface area contributed by atoms with Crippen molar-refractivity contribution in [1.82, 2.24) is 10.2 Å². The molecule has 0 saturated heterocycles. The van der Waals surface area contributed by atoms with Gasteiger partial charge in [0.25, 0.3) is 0 Å². The number of nitrogens with one attached hydrogen (secondary N) is 2. The number of benzene rings is 1. The fourth-order valence-electron chi connectivity index (χ4n) is 1.61. The summed E-state index contributed by atoms with van der Waals surface area (Å²) >= 11 is 1.36. The molecule has 1 heterocycles. The van der Waals surface area contributed by atoms with E-state index in [1.807, 2.05) is 45.0 Å². The van der Waals surface area contributed by atoms with Gasteiger partial charge in [0.05, 0.1) is 0 Å². The molecule has 1 amide bonds. The van der Waals surface area contributed by atoms with Crippen molar-refractivity contribution in [2.45, 2.75) is 26.8 Å². The molecule has 2 rings (SSSR count). The van der Waals surface area contributed by atoms with Crippen LogP contribution in [0.4, 0.5) is 10.8 Å². The second-order valence-electron chi connectivity index (χ2n) is 4.35. The van der Waals surface area contributed by atoms with Crippen LogP contribution >= 0.6 is 11.3 Å². The first-order valence-electron chi connectivity index (χ1n) is 5.99. The maximum Gasteiger partial charge on any atom is 0.248 e. The largest absolute Gasteiger partial charge is 0.374 e. The number of amides is 1. The van der Waals surface area contributed by atoms with E-state index in [9.17, 15) is 4.79 Å². The van der Waals surface area contributed by atoms with Crippen molar-refractivity contribution in [2.24, 2.45) is 0 Å². The molecule has 6 heteroatoms. The van der Waals surface area contributed by atoms with Gasteiger partial charge in [-0.3, -0.25) is 10.1 Å². The van der Waals surface area contributed by atoms with Gasteiger partial charge in [-0.05, 0) is 38.5 Å². The monoisotopic (exact) mass is 276 g/mol. The average molecular weight is 276 g/mol. The Bertz CT molecular complexity index is 582. The molecule has 0 radical (unpaired) electrons. The highest BCUT2D eigenvalue weighted by Gasteiger charge is 2.14. The highest BCUT2D eigenvalue weighted by Crippen LogP contribution is 2.15. The second kappa shape index (κ2) is 5.79. The Labute approximate surface area is 116 Å². The Morgan fingerprint density at radius 2 is 2.11 bits per heavy atom. The molecular formula is C13H16N4OS. The van der Waals surface area contributed by atoms with Crippen molar-refractivity contribution in [3.05, 3.63) is 34.8 Å². The Hall–Kier alpha value is -1.95. The third-order valence-electron chi connectivity index (χ3n) is 2.55. The van der Waals surface area contributed by atoms with E-state index in [0.29, 0.717) is 5.13 Å². The van der Waals surface area contributed by atoms with E-state index in [2.05, 4.69) is 20.8 Å². The number of rotatable bonds is 4. The molecule has 0 spiro atoms. The van der Waals surface area contributed by atoms with Crippen molar-refractivity contribution in [3.63, 3.8) is 0 Å². The fraction of sp³-hybridized carbons (Fsp3) is 0.308. The number of carbonyl (C=O) groups is 1. The van der Waals surface area contributed by atoms with Gasteiger partial charge in [0.15, 0.2) is 0 Å². The van der Waals surface area contributed by atoms with Crippen LogP contribution in [-0.2, 0) is 4.79 Å². The zero-order valence-electron chi connectivity index (χ0n) is 11.1. The molecule has 0 saturated carbocycles. The molecule has 100 valence electrons. The molecule has 0 fully saturated rings. The van der Waals surface area contributed by atoms with Gasteiger partial charge in [-0.2, -0.15) is 0 Å². The molecule has 1 aromatic heterocycles. The normalized spacial score (nSPS) is 11.9. The Morgan fingerprint density at radius 1 is 1.32 bits per heavy atom. The third kappa shape index (κ3) is 3.75.